The van der Waals surface area contributed by atoms with Crippen molar-refractivity contribution in [3.05, 3.63) is 83.6 Å². The van der Waals surface area contributed by atoms with Crippen LogP contribution in [0, 0.1) is 11.8 Å². The summed E-state index contributed by atoms with van der Waals surface area (Å²) < 4.78 is 5.60. The van der Waals surface area contributed by atoms with Crippen molar-refractivity contribution in [1.29, 1.82) is 0 Å². The third kappa shape index (κ3) is 14.7. The fourth-order valence-corrected chi connectivity index (χ4v) is 6.24. The molecule has 16 nitrogen and oxygen atoms in total. The standard InChI is InChI=1S/C43H59N7O9/c1-9-30-43(58)59-27(8)36(42(57)49-35(25(5)6)41(56)44-26(7)37(52)46-30)50-40(55)33(23-29-19-15-12-16-20-29)48-38(53)31(21-24(3)4)47-39(54)32(45-34(51)10-2)22-28-17-13-11-14-18-28/h9,11-20,24-27,31-33,35-36H,10,21-23H2,1-8H3,(H,44,56)(H,45,51)(H,46,52)(H,47,54)(H,48,53)(H,49,57)(H,50,55)/b30-9-/t26-,27+,31+,32+,33-,35-,36+/m0/s1. The van der Waals surface area contributed by atoms with E-state index in [0.29, 0.717) is 5.56 Å². The number of carbonyl (C=O) groups excluding carboxylic acids is 8. The zero-order valence-corrected chi connectivity index (χ0v) is 35.0. The number of hydrogen-bond donors (Lipinski definition) is 7. The summed E-state index contributed by atoms with van der Waals surface area (Å²) in [5.74, 6) is -6.26. The summed E-state index contributed by atoms with van der Waals surface area (Å²) in [5, 5.41) is 18.6. The van der Waals surface area contributed by atoms with E-state index in [1.54, 1.807) is 51.1 Å². The molecular formula is C43H59N7O9. The topological polar surface area (TPSA) is 230 Å². The first-order valence-electron chi connectivity index (χ1n) is 20.0. The summed E-state index contributed by atoms with van der Waals surface area (Å²) in [7, 11) is 0. The Morgan fingerprint density at radius 1 is 0.712 bits per heavy atom. The minimum atomic E-state index is -1.59. The first-order valence-corrected chi connectivity index (χ1v) is 20.0. The molecule has 0 aliphatic carbocycles. The summed E-state index contributed by atoms with van der Waals surface area (Å²) in [4.78, 5) is 108. The van der Waals surface area contributed by atoms with E-state index in [2.05, 4.69) is 37.2 Å². The van der Waals surface area contributed by atoms with Crippen molar-refractivity contribution in [2.75, 3.05) is 0 Å². The fraction of sp³-hybridized carbons (Fsp3) is 0.488. The smallest absolute Gasteiger partial charge is 0.354 e. The maximum absolute atomic E-state index is 14.3. The Morgan fingerprint density at radius 2 is 1.24 bits per heavy atom. The fourth-order valence-electron chi connectivity index (χ4n) is 6.24. The van der Waals surface area contributed by atoms with E-state index < -0.39 is 89.7 Å². The molecule has 7 amide bonds. The molecule has 0 aromatic heterocycles. The van der Waals surface area contributed by atoms with Crippen molar-refractivity contribution in [2.45, 2.75) is 123 Å². The van der Waals surface area contributed by atoms with Crippen molar-refractivity contribution in [3.63, 3.8) is 0 Å². The van der Waals surface area contributed by atoms with Gasteiger partial charge in [0, 0.05) is 19.3 Å². The Labute approximate surface area is 345 Å². The van der Waals surface area contributed by atoms with Gasteiger partial charge in [-0.3, -0.25) is 33.6 Å². The Hall–Kier alpha value is -6.06. The number of ether oxygens (including phenoxy) is 1. The van der Waals surface area contributed by atoms with Crippen LogP contribution in [0.25, 0.3) is 0 Å². The lowest BCUT2D eigenvalue weighted by atomic mass is 9.99. The molecule has 59 heavy (non-hydrogen) atoms. The first kappa shape index (κ1) is 47.3. The maximum atomic E-state index is 14.3. The van der Waals surface area contributed by atoms with Crippen LogP contribution in [0.4, 0.5) is 0 Å². The number of allylic oxidation sites excluding steroid dienone is 1. The van der Waals surface area contributed by atoms with Gasteiger partial charge < -0.3 is 42.0 Å². The Balaban J connectivity index is 1.98. The van der Waals surface area contributed by atoms with Crippen LogP contribution in [0.1, 0.15) is 79.4 Å². The highest BCUT2D eigenvalue weighted by atomic mass is 16.5. The molecule has 320 valence electrons. The third-order valence-electron chi connectivity index (χ3n) is 9.62. The number of esters is 1. The predicted octanol–water partition coefficient (Wildman–Crippen LogP) is 1.48. The molecule has 1 aliphatic rings. The molecule has 1 heterocycles. The third-order valence-corrected chi connectivity index (χ3v) is 9.62. The summed E-state index contributed by atoms with van der Waals surface area (Å²) in [6.07, 6.45) is 0.379. The second-order valence-corrected chi connectivity index (χ2v) is 15.4. The van der Waals surface area contributed by atoms with Crippen LogP contribution < -0.4 is 37.2 Å². The van der Waals surface area contributed by atoms with Crippen molar-refractivity contribution < 1.29 is 43.1 Å². The summed E-state index contributed by atoms with van der Waals surface area (Å²) in [6, 6.07) is 10.6. The van der Waals surface area contributed by atoms with Crippen LogP contribution >= 0.6 is 0 Å². The SMILES string of the molecule is C/C=C1\NC(=O)[C@H](C)NC(=O)[C@H](C(C)C)NC(=O)[C@H](NC(=O)[C@H](Cc2ccccc2)NC(=O)[C@@H](CC(C)C)NC(=O)[C@@H](Cc2ccccc2)NC(=O)CC)[C@@H](C)OC1=O. The molecule has 2 aromatic carbocycles. The molecule has 7 N–H and O–H groups in total. The van der Waals surface area contributed by atoms with Gasteiger partial charge in [0.1, 0.15) is 48.1 Å². The quantitative estimate of drug-likeness (QED) is 0.102. The lowest BCUT2D eigenvalue weighted by molar-refractivity contribution is -0.149. The summed E-state index contributed by atoms with van der Waals surface area (Å²) in [6.45, 7) is 13.0. The number of amides is 7. The van der Waals surface area contributed by atoms with Crippen LogP contribution in [0.3, 0.4) is 0 Å². The van der Waals surface area contributed by atoms with Gasteiger partial charge in [-0.05, 0) is 50.2 Å². The number of carbonyl (C=O) groups is 8. The van der Waals surface area contributed by atoms with Crippen LogP contribution in [0.2, 0.25) is 0 Å². The minimum absolute atomic E-state index is 0.0455. The maximum Gasteiger partial charge on any atom is 0.354 e. The molecule has 16 heteroatoms. The second kappa shape index (κ2) is 22.8. The molecule has 0 saturated carbocycles. The summed E-state index contributed by atoms with van der Waals surface area (Å²) in [5.41, 5.74) is 1.20. The lowest BCUT2D eigenvalue weighted by Gasteiger charge is -2.30. The normalized spacial score (nSPS) is 21.2. The van der Waals surface area contributed by atoms with Crippen LogP contribution in [0.15, 0.2) is 72.4 Å². The van der Waals surface area contributed by atoms with Crippen molar-refractivity contribution in [2.24, 2.45) is 11.8 Å². The van der Waals surface area contributed by atoms with Gasteiger partial charge >= 0.3 is 5.97 Å². The highest BCUT2D eigenvalue weighted by Crippen LogP contribution is 2.13. The molecular weight excluding hydrogens is 759 g/mol. The molecule has 0 spiro atoms. The van der Waals surface area contributed by atoms with E-state index in [1.165, 1.54) is 26.8 Å². The molecule has 2 aromatic rings. The monoisotopic (exact) mass is 817 g/mol. The van der Waals surface area contributed by atoms with E-state index in [9.17, 15) is 38.4 Å². The van der Waals surface area contributed by atoms with E-state index in [0.717, 1.165) is 5.56 Å². The average molecular weight is 818 g/mol. The zero-order valence-electron chi connectivity index (χ0n) is 35.0. The van der Waals surface area contributed by atoms with Gasteiger partial charge in [0.2, 0.25) is 41.4 Å². The van der Waals surface area contributed by atoms with E-state index in [4.69, 9.17) is 4.74 Å². The van der Waals surface area contributed by atoms with Crippen molar-refractivity contribution in [3.8, 4) is 0 Å². The van der Waals surface area contributed by atoms with E-state index in [1.807, 2.05) is 44.2 Å². The molecule has 3 rings (SSSR count). The Morgan fingerprint density at radius 3 is 1.75 bits per heavy atom. The molecule has 0 unspecified atom stereocenters. The number of hydrogen-bond acceptors (Lipinski definition) is 9. The predicted molar refractivity (Wildman–Crippen MR) is 220 cm³/mol. The van der Waals surface area contributed by atoms with Gasteiger partial charge in [0.05, 0.1) is 0 Å². The highest BCUT2D eigenvalue weighted by molar-refractivity contribution is 6.00. The second-order valence-electron chi connectivity index (χ2n) is 15.4. The minimum Gasteiger partial charge on any atom is -0.455 e. The van der Waals surface area contributed by atoms with Gasteiger partial charge in [0.25, 0.3) is 0 Å². The molecule has 1 fully saturated rings. The first-order chi connectivity index (χ1) is 27.9. The summed E-state index contributed by atoms with van der Waals surface area (Å²) >= 11 is 0. The Bertz CT molecular complexity index is 1830. The number of rotatable bonds is 15. The van der Waals surface area contributed by atoms with Crippen molar-refractivity contribution >= 4 is 47.3 Å². The largest absolute Gasteiger partial charge is 0.455 e. The van der Waals surface area contributed by atoms with Gasteiger partial charge in [0.15, 0.2) is 0 Å². The molecule has 1 saturated heterocycles. The molecule has 0 radical (unpaired) electrons. The lowest BCUT2D eigenvalue weighted by Crippen LogP contribution is -2.62. The molecule has 1 aliphatic heterocycles. The van der Waals surface area contributed by atoms with Crippen LogP contribution in [-0.2, 0) is 55.9 Å². The average Bonchev–Trinajstić information content (AvgIpc) is 3.19. The van der Waals surface area contributed by atoms with Crippen LogP contribution in [-0.4, -0.2) is 89.7 Å². The van der Waals surface area contributed by atoms with Crippen molar-refractivity contribution in [1.82, 2.24) is 37.2 Å². The number of cyclic esters (lactones) is 1. The van der Waals surface area contributed by atoms with Crippen LogP contribution in [0.5, 0.6) is 0 Å². The number of nitrogens with one attached hydrogen (secondary N) is 7. The molecule has 7 atom stereocenters. The van der Waals surface area contributed by atoms with Gasteiger partial charge in [-0.2, -0.15) is 0 Å². The van der Waals surface area contributed by atoms with E-state index >= 15 is 0 Å². The molecule has 0 bridgehead atoms. The van der Waals surface area contributed by atoms with Gasteiger partial charge in [-0.25, -0.2) is 4.79 Å². The van der Waals surface area contributed by atoms with E-state index in [-0.39, 0.29) is 43.2 Å². The van der Waals surface area contributed by atoms with Gasteiger partial charge in [-0.1, -0.05) is 101 Å². The number of benzene rings is 2. The Kier molecular flexibility index (Phi) is 18.3. The zero-order chi connectivity index (χ0) is 43.8. The van der Waals surface area contributed by atoms with Gasteiger partial charge in [-0.15, -0.1) is 0 Å². The highest BCUT2D eigenvalue weighted by Gasteiger charge is 2.38.